The van der Waals surface area contributed by atoms with Gasteiger partial charge in [0.25, 0.3) is 5.91 Å². The summed E-state index contributed by atoms with van der Waals surface area (Å²) < 4.78 is 27.6. The van der Waals surface area contributed by atoms with Gasteiger partial charge in [0.2, 0.25) is 15.9 Å². The standard InChI is InChI=1S/C26H28N6O5S/c1-2-6-20(30-25(34)21-14-28-18-8-3-4-9-19(18)29-21)26(35)31-12-10-22-24(31)23(33)15-32(22)38(36,37)16-17-7-5-11-27-13-17/h3-5,7-9,11,13-14,20,22,24H,2,6,10,12,15-16H2,1H3,(H,30,34). The predicted molar refractivity (Wildman–Crippen MR) is 138 cm³/mol. The minimum atomic E-state index is -3.80. The van der Waals surface area contributed by atoms with Crippen LogP contribution in [0.15, 0.2) is 55.0 Å². The van der Waals surface area contributed by atoms with Gasteiger partial charge < -0.3 is 10.2 Å². The zero-order chi connectivity index (χ0) is 26.9. The Morgan fingerprint density at radius 2 is 1.92 bits per heavy atom. The first-order valence-electron chi connectivity index (χ1n) is 12.5. The van der Waals surface area contributed by atoms with Crippen LogP contribution in [0.4, 0.5) is 0 Å². The van der Waals surface area contributed by atoms with E-state index in [1.165, 1.54) is 21.6 Å². The maximum absolute atomic E-state index is 13.6. The summed E-state index contributed by atoms with van der Waals surface area (Å²) in [6.07, 6.45) is 5.72. The van der Waals surface area contributed by atoms with E-state index in [1.807, 2.05) is 13.0 Å². The van der Waals surface area contributed by atoms with Crippen molar-refractivity contribution in [3.8, 4) is 0 Å². The molecule has 11 nitrogen and oxygen atoms in total. The fraction of sp³-hybridized carbons (Fsp3) is 0.385. The maximum atomic E-state index is 13.6. The lowest BCUT2D eigenvalue weighted by molar-refractivity contribution is -0.138. The van der Waals surface area contributed by atoms with E-state index in [2.05, 4.69) is 20.3 Å². The lowest BCUT2D eigenvalue weighted by Gasteiger charge is -2.28. The molecule has 38 heavy (non-hydrogen) atoms. The number of amides is 2. The molecule has 2 amide bonds. The number of aromatic nitrogens is 3. The third-order valence-corrected chi connectivity index (χ3v) is 8.76. The first-order chi connectivity index (χ1) is 18.3. The van der Waals surface area contributed by atoms with E-state index in [1.54, 1.807) is 36.5 Å². The van der Waals surface area contributed by atoms with Crippen molar-refractivity contribution in [3.63, 3.8) is 0 Å². The van der Waals surface area contributed by atoms with Gasteiger partial charge in [-0.25, -0.2) is 13.4 Å². The topological polar surface area (TPSA) is 143 Å². The van der Waals surface area contributed by atoms with Crippen molar-refractivity contribution in [2.75, 3.05) is 13.1 Å². The molecule has 2 saturated heterocycles. The van der Waals surface area contributed by atoms with Crippen LogP contribution >= 0.6 is 0 Å². The molecule has 3 aromatic rings. The molecular formula is C26H28N6O5S. The molecule has 3 unspecified atom stereocenters. The molecule has 0 bridgehead atoms. The number of ketones is 1. The third kappa shape index (κ3) is 5.01. The minimum Gasteiger partial charge on any atom is -0.339 e. The number of hydrogen-bond acceptors (Lipinski definition) is 8. The molecule has 0 aliphatic carbocycles. The molecule has 5 rings (SSSR count). The number of rotatable bonds is 8. The number of fused-ring (bicyclic) bond motifs is 2. The minimum absolute atomic E-state index is 0.0847. The van der Waals surface area contributed by atoms with Crippen LogP contribution in [0.2, 0.25) is 0 Å². The first-order valence-corrected chi connectivity index (χ1v) is 14.1. The maximum Gasteiger partial charge on any atom is 0.272 e. The second-order valence-corrected chi connectivity index (χ2v) is 11.4. The van der Waals surface area contributed by atoms with Crippen LogP contribution in [0.3, 0.4) is 0 Å². The van der Waals surface area contributed by atoms with Crippen molar-refractivity contribution in [3.05, 3.63) is 66.2 Å². The number of pyridine rings is 1. The Balaban J connectivity index is 1.31. The zero-order valence-corrected chi connectivity index (χ0v) is 21.7. The Labute approximate surface area is 220 Å². The van der Waals surface area contributed by atoms with Crippen molar-refractivity contribution in [2.45, 2.75) is 50.1 Å². The SMILES string of the molecule is CCCC(NC(=O)c1cnc2ccccc2n1)C(=O)N1CCC2C1C(=O)CN2S(=O)(=O)Cc1cccnc1. The lowest BCUT2D eigenvalue weighted by atomic mass is 10.1. The highest BCUT2D eigenvalue weighted by Gasteiger charge is 2.54. The van der Waals surface area contributed by atoms with Crippen LogP contribution in [-0.2, 0) is 25.4 Å². The summed E-state index contributed by atoms with van der Waals surface area (Å²) in [6.45, 7) is 1.84. The zero-order valence-electron chi connectivity index (χ0n) is 20.9. The molecule has 2 fully saturated rings. The average Bonchev–Trinajstić information content (AvgIpc) is 3.49. The van der Waals surface area contributed by atoms with Gasteiger partial charge >= 0.3 is 0 Å². The number of nitrogens with one attached hydrogen (secondary N) is 1. The van der Waals surface area contributed by atoms with Crippen LogP contribution in [-0.4, -0.2) is 81.4 Å². The van der Waals surface area contributed by atoms with E-state index in [-0.39, 0.29) is 30.3 Å². The van der Waals surface area contributed by atoms with Gasteiger partial charge in [-0.05, 0) is 36.6 Å². The van der Waals surface area contributed by atoms with Gasteiger partial charge in [0.15, 0.2) is 5.78 Å². The highest BCUT2D eigenvalue weighted by Crippen LogP contribution is 2.33. The summed E-state index contributed by atoms with van der Waals surface area (Å²) >= 11 is 0. The van der Waals surface area contributed by atoms with Gasteiger partial charge in [0, 0.05) is 18.9 Å². The van der Waals surface area contributed by atoms with Gasteiger partial charge in [-0.2, -0.15) is 4.31 Å². The van der Waals surface area contributed by atoms with Gasteiger partial charge in [0.1, 0.15) is 17.8 Å². The van der Waals surface area contributed by atoms with E-state index in [0.29, 0.717) is 35.9 Å². The van der Waals surface area contributed by atoms with Crippen LogP contribution in [0, 0.1) is 0 Å². The Bertz CT molecular complexity index is 1480. The van der Waals surface area contributed by atoms with Gasteiger partial charge in [-0.1, -0.05) is 31.5 Å². The van der Waals surface area contributed by atoms with E-state index in [0.717, 1.165) is 0 Å². The van der Waals surface area contributed by atoms with E-state index >= 15 is 0 Å². The van der Waals surface area contributed by atoms with Crippen molar-refractivity contribution >= 4 is 38.7 Å². The number of nitrogens with zero attached hydrogens (tertiary/aromatic N) is 5. The molecule has 4 heterocycles. The Kier molecular flexibility index (Phi) is 7.17. The largest absolute Gasteiger partial charge is 0.339 e. The molecule has 2 aliphatic rings. The third-order valence-electron chi connectivity index (χ3n) is 6.95. The Morgan fingerprint density at radius 3 is 2.66 bits per heavy atom. The normalized spacial score (nSPS) is 20.4. The fourth-order valence-electron chi connectivity index (χ4n) is 5.20. The number of Topliss-reactive ketones (excluding diaryl/α,β-unsaturated/α-hetero) is 1. The Morgan fingerprint density at radius 1 is 1.13 bits per heavy atom. The lowest BCUT2D eigenvalue weighted by Crippen LogP contribution is -2.52. The van der Waals surface area contributed by atoms with Gasteiger partial charge in [-0.3, -0.25) is 24.4 Å². The van der Waals surface area contributed by atoms with E-state index < -0.39 is 40.0 Å². The number of sulfonamides is 1. The number of hydrogen-bond donors (Lipinski definition) is 1. The number of likely N-dealkylation sites (tertiary alicyclic amines) is 1. The number of benzene rings is 1. The summed E-state index contributed by atoms with van der Waals surface area (Å²) in [5.74, 6) is -1.53. The predicted octanol–water partition coefficient (Wildman–Crippen LogP) is 1.31. The molecule has 198 valence electrons. The number of carbonyl (C=O) groups excluding carboxylic acids is 3. The van der Waals surface area contributed by atoms with Gasteiger partial charge in [-0.15, -0.1) is 0 Å². The number of carbonyl (C=O) groups is 3. The molecule has 2 aliphatic heterocycles. The van der Waals surface area contributed by atoms with Crippen molar-refractivity contribution in [2.24, 2.45) is 0 Å². The average molecular weight is 537 g/mol. The molecule has 0 saturated carbocycles. The summed E-state index contributed by atoms with van der Waals surface area (Å²) in [5.41, 5.74) is 1.82. The van der Waals surface area contributed by atoms with Crippen LogP contribution in [0.5, 0.6) is 0 Å². The van der Waals surface area contributed by atoms with Crippen LogP contribution < -0.4 is 5.32 Å². The van der Waals surface area contributed by atoms with Crippen LogP contribution in [0.1, 0.15) is 42.2 Å². The number of para-hydroxylation sites is 2. The molecule has 0 radical (unpaired) electrons. The second-order valence-electron chi connectivity index (χ2n) is 9.52. The summed E-state index contributed by atoms with van der Waals surface area (Å²) in [4.78, 5) is 53.6. The summed E-state index contributed by atoms with van der Waals surface area (Å²) in [5, 5.41) is 2.76. The molecule has 2 aromatic heterocycles. The molecule has 12 heteroatoms. The quantitative estimate of drug-likeness (QED) is 0.454. The van der Waals surface area contributed by atoms with Crippen LogP contribution in [0.25, 0.3) is 11.0 Å². The van der Waals surface area contributed by atoms with Crippen molar-refractivity contribution in [1.29, 1.82) is 0 Å². The molecule has 1 aromatic carbocycles. The smallest absolute Gasteiger partial charge is 0.272 e. The second kappa shape index (κ2) is 10.5. The fourth-order valence-corrected chi connectivity index (χ4v) is 6.92. The van der Waals surface area contributed by atoms with E-state index in [9.17, 15) is 22.8 Å². The molecule has 1 N–H and O–H groups in total. The monoisotopic (exact) mass is 536 g/mol. The highest BCUT2D eigenvalue weighted by atomic mass is 32.2. The van der Waals surface area contributed by atoms with Gasteiger partial charge in [0.05, 0.1) is 35.6 Å². The first kappa shape index (κ1) is 25.9. The molecule has 3 atom stereocenters. The molecule has 0 spiro atoms. The van der Waals surface area contributed by atoms with Crippen molar-refractivity contribution < 1.29 is 22.8 Å². The summed E-state index contributed by atoms with van der Waals surface area (Å²) in [7, 11) is -3.80. The van der Waals surface area contributed by atoms with E-state index in [4.69, 9.17) is 0 Å². The Hall–Kier alpha value is -3.77. The van der Waals surface area contributed by atoms with Crippen molar-refractivity contribution in [1.82, 2.24) is 29.5 Å². The highest BCUT2D eigenvalue weighted by molar-refractivity contribution is 7.88. The summed E-state index contributed by atoms with van der Waals surface area (Å²) in [6, 6.07) is 8.10. The molecular weight excluding hydrogens is 508 g/mol.